The summed E-state index contributed by atoms with van der Waals surface area (Å²) in [6, 6.07) is 0. The molecule has 0 amide bonds. The molecule has 2 nitrogen and oxygen atoms in total. The standard InChI is InChI=1S/C13H25NO/c1-2-7-14-9-11-5-6-13(11)12-4-3-8-15-10-12/h11-14H,2-10H2,1H3. The predicted molar refractivity (Wildman–Crippen MR) is 62.9 cm³/mol. The van der Waals surface area contributed by atoms with Crippen LogP contribution in [0, 0.1) is 17.8 Å². The van der Waals surface area contributed by atoms with Crippen molar-refractivity contribution < 1.29 is 4.74 Å². The quantitative estimate of drug-likeness (QED) is 0.705. The van der Waals surface area contributed by atoms with Crippen LogP contribution in [-0.2, 0) is 4.74 Å². The molecule has 2 heteroatoms. The Labute approximate surface area is 93.8 Å². The molecular formula is C13H25NO. The first-order chi connectivity index (χ1) is 7.42. The molecule has 1 saturated heterocycles. The number of hydrogen-bond donors (Lipinski definition) is 1. The van der Waals surface area contributed by atoms with Crippen molar-refractivity contribution in [1.82, 2.24) is 5.32 Å². The van der Waals surface area contributed by atoms with Gasteiger partial charge in [0, 0.05) is 13.2 Å². The lowest BCUT2D eigenvalue weighted by Gasteiger charge is -2.43. The molecule has 0 bridgehead atoms. The van der Waals surface area contributed by atoms with E-state index in [2.05, 4.69) is 12.2 Å². The van der Waals surface area contributed by atoms with Crippen LogP contribution >= 0.6 is 0 Å². The summed E-state index contributed by atoms with van der Waals surface area (Å²) in [6.45, 7) is 6.70. The lowest BCUT2D eigenvalue weighted by atomic mass is 9.65. The summed E-state index contributed by atoms with van der Waals surface area (Å²) < 4.78 is 5.59. The van der Waals surface area contributed by atoms with Crippen LogP contribution in [0.2, 0.25) is 0 Å². The highest BCUT2D eigenvalue weighted by Crippen LogP contribution is 2.42. The van der Waals surface area contributed by atoms with Gasteiger partial charge in [0.25, 0.3) is 0 Å². The van der Waals surface area contributed by atoms with Crippen LogP contribution in [0.25, 0.3) is 0 Å². The van der Waals surface area contributed by atoms with E-state index in [1.165, 1.54) is 45.2 Å². The minimum absolute atomic E-state index is 0.876. The molecule has 0 aromatic rings. The van der Waals surface area contributed by atoms with Gasteiger partial charge in [-0.25, -0.2) is 0 Å². The van der Waals surface area contributed by atoms with Gasteiger partial charge in [-0.2, -0.15) is 0 Å². The van der Waals surface area contributed by atoms with Gasteiger partial charge in [0.2, 0.25) is 0 Å². The lowest BCUT2D eigenvalue weighted by Crippen LogP contribution is -2.41. The van der Waals surface area contributed by atoms with Crippen LogP contribution in [0.4, 0.5) is 0 Å². The Kier molecular flexibility index (Phi) is 4.45. The van der Waals surface area contributed by atoms with Gasteiger partial charge >= 0.3 is 0 Å². The zero-order valence-corrected chi connectivity index (χ0v) is 10.0. The van der Waals surface area contributed by atoms with Crippen LogP contribution < -0.4 is 5.32 Å². The summed E-state index contributed by atoms with van der Waals surface area (Å²) in [6.07, 6.45) is 6.85. The first-order valence-corrected chi connectivity index (χ1v) is 6.70. The van der Waals surface area contributed by atoms with Crippen molar-refractivity contribution in [1.29, 1.82) is 0 Å². The smallest absolute Gasteiger partial charge is 0.0497 e. The topological polar surface area (TPSA) is 21.3 Å². The second-order valence-corrected chi connectivity index (χ2v) is 5.18. The largest absolute Gasteiger partial charge is 0.381 e. The lowest BCUT2D eigenvalue weighted by molar-refractivity contribution is -0.0137. The van der Waals surface area contributed by atoms with Gasteiger partial charge in [-0.1, -0.05) is 6.92 Å². The molecule has 2 aliphatic rings. The van der Waals surface area contributed by atoms with Crippen molar-refractivity contribution in [2.45, 2.75) is 39.0 Å². The molecule has 15 heavy (non-hydrogen) atoms. The summed E-state index contributed by atoms with van der Waals surface area (Å²) in [5.74, 6) is 2.79. The summed E-state index contributed by atoms with van der Waals surface area (Å²) in [5, 5.41) is 3.57. The third-order valence-electron chi connectivity index (χ3n) is 4.11. The van der Waals surface area contributed by atoms with E-state index in [1.54, 1.807) is 0 Å². The summed E-state index contributed by atoms with van der Waals surface area (Å²) in [5.41, 5.74) is 0. The molecule has 1 aliphatic heterocycles. The minimum atomic E-state index is 0.876. The van der Waals surface area contributed by atoms with Crippen LogP contribution in [0.5, 0.6) is 0 Å². The molecule has 0 spiro atoms. The molecule has 1 N–H and O–H groups in total. The molecule has 1 aliphatic carbocycles. The van der Waals surface area contributed by atoms with Gasteiger partial charge in [-0.15, -0.1) is 0 Å². The average Bonchev–Trinajstić information content (AvgIpc) is 2.24. The maximum Gasteiger partial charge on any atom is 0.0497 e. The van der Waals surface area contributed by atoms with Crippen molar-refractivity contribution in [2.24, 2.45) is 17.8 Å². The van der Waals surface area contributed by atoms with Crippen LogP contribution in [-0.4, -0.2) is 26.3 Å². The van der Waals surface area contributed by atoms with Crippen molar-refractivity contribution in [3.63, 3.8) is 0 Å². The van der Waals surface area contributed by atoms with Crippen molar-refractivity contribution >= 4 is 0 Å². The van der Waals surface area contributed by atoms with E-state index in [0.717, 1.165) is 31.0 Å². The van der Waals surface area contributed by atoms with Crippen molar-refractivity contribution in [2.75, 3.05) is 26.3 Å². The van der Waals surface area contributed by atoms with E-state index < -0.39 is 0 Å². The minimum Gasteiger partial charge on any atom is -0.381 e. The Morgan fingerprint density at radius 3 is 2.80 bits per heavy atom. The normalized spacial score (nSPS) is 36.2. The fourth-order valence-corrected chi connectivity index (χ4v) is 3.04. The van der Waals surface area contributed by atoms with Gasteiger partial charge in [0.15, 0.2) is 0 Å². The van der Waals surface area contributed by atoms with Crippen LogP contribution in [0.3, 0.4) is 0 Å². The molecule has 2 rings (SSSR count). The molecule has 0 radical (unpaired) electrons. The second-order valence-electron chi connectivity index (χ2n) is 5.18. The third-order valence-corrected chi connectivity index (χ3v) is 4.11. The Bertz CT molecular complexity index is 177. The molecular weight excluding hydrogens is 186 g/mol. The summed E-state index contributed by atoms with van der Waals surface area (Å²) >= 11 is 0. The van der Waals surface area contributed by atoms with Gasteiger partial charge in [-0.3, -0.25) is 0 Å². The maximum absolute atomic E-state index is 5.59. The number of hydrogen-bond acceptors (Lipinski definition) is 2. The van der Waals surface area contributed by atoms with E-state index >= 15 is 0 Å². The Balaban J connectivity index is 1.68. The fourth-order valence-electron chi connectivity index (χ4n) is 3.04. The number of nitrogens with one attached hydrogen (secondary N) is 1. The zero-order chi connectivity index (χ0) is 10.5. The monoisotopic (exact) mass is 211 g/mol. The average molecular weight is 211 g/mol. The van der Waals surface area contributed by atoms with Gasteiger partial charge in [0.05, 0.1) is 0 Å². The van der Waals surface area contributed by atoms with Gasteiger partial charge in [-0.05, 0) is 62.9 Å². The highest BCUT2D eigenvalue weighted by molar-refractivity contribution is 4.87. The molecule has 1 saturated carbocycles. The molecule has 2 fully saturated rings. The Morgan fingerprint density at radius 2 is 2.20 bits per heavy atom. The highest BCUT2D eigenvalue weighted by atomic mass is 16.5. The van der Waals surface area contributed by atoms with E-state index in [-0.39, 0.29) is 0 Å². The number of ether oxygens (including phenoxy) is 1. The molecule has 3 unspecified atom stereocenters. The second kappa shape index (κ2) is 5.86. The summed E-state index contributed by atoms with van der Waals surface area (Å²) in [7, 11) is 0. The third kappa shape index (κ3) is 2.94. The van der Waals surface area contributed by atoms with Crippen molar-refractivity contribution in [3.05, 3.63) is 0 Å². The van der Waals surface area contributed by atoms with E-state index in [1.807, 2.05) is 0 Å². The highest BCUT2D eigenvalue weighted by Gasteiger charge is 2.36. The Morgan fingerprint density at radius 1 is 1.27 bits per heavy atom. The molecule has 0 aromatic heterocycles. The van der Waals surface area contributed by atoms with E-state index in [9.17, 15) is 0 Å². The van der Waals surface area contributed by atoms with Gasteiger partial charge in [0.1, 0.15) is 0 Å². The van der Waals surface area contributed by atoms with E-state index in [4.69, 9.17) is 4.74 Å². The number of rotatable bonds is 5. The molecule has 0 aromatic carbocycles. The first kappa shape index (κ1) is 11.4. The molecule has 88 valence electrons. The summed E-state index contributed by atoms with van der Waals surface area (Å²) in [4.78, 5) is 0. The van der Waals surface area contributed by atoms with Crippen LogP contribution in [0.1, 0.15) is 39.0 Å². The van der Waals surface area contributed by atoms with Crippen molar-refractivity contribution in [3.8, 4) is 0 Å². The van der Waals surface area contributed by atoms with E-state index in [0.29, 0.717) is 0 Å². The predicted octanol–water partition coefficient (Wildman–Crippen LogP) is 2.44. The maximum atomic E-state index is 5.59. The Hall–Kier alpha value is -0.0800. The molecule has 3 atom stereocenters. The first-order valence-electron chi connectivity index (χ1n) is 6.70. The fraction of sp³-hybridized carbons (Fsp3) is 1.00. The molecule has 1 heterocycles. The van der Waals surface area contributed by atoms with Gasteiger partial charge < -0.3 is 10.1 Å². The zero-order valence-electron chi connectivity index (χ0n) is 10.0. The van der Waals surface area contributed by atoms with Crippen LogP contribution in [0.15, 0.2) is 0 Å². The SMILES string of the molecule is CCCNCC1CCC1C1CCCOC1.